The van der Waals surface area contributed by atoms with Crippen molar-refractivity contribution in [2.45, 2.75) is 26.7 Å². The summed E-state index contributed by atoms with van der Waals surface area (Å²) in [4.78, 5) is 11.9. The number of amides is 1. The van der Waals surface area contributed by atoms with E-state index in [1.165, 1.54) is 5.56 Å². The first-order valence-electron chi connectivity index (χ1n) is 7.35. The number of nitrogens with one attached hydrogen (secondary N) is 1. The fourth-order valence-corrected chi connectivity index (χ4v) is 2.07. The topological polar surface area (TPSA) is 64.3 Å². The van der Waals surface area contributed by atoms with Crippen LogP contribution < -0.4 is 15.8 Å². The van der Waals surface area contributed by atoms with Crippen molar-refractivity contribution in [3.8, 4) is 5.75 Å². The summed E-state index contributed by atoms with van der Waals surface area (Å²) in [5, 5.41) is 2.81. The van der Waals surface area contributed by atoms with Crippen LogP contribution in [-0.2, 0) is 4.79 Å². The van der Waals surface area contributed by atoms with Gasteiger partial charge in [0.1, 0.15) is 5.75 Å². The van der Waals surface area contributed by atoms with Crippen molar-refractivity contribution in [1.82, 2.24) is 0 Å². The third kappa shape index (κ3) is 4.01. The highest BCUT2D eigenvalue weighted by molar-refractivity contribution is 5.93. The fourth-order valence-electron chi connectivity index (χ4n) is 2.07. The molecule has 4 heteroatoms. The van der Waals surface area contributed by atoms with Crippen LogP contribution in [0.25, 0.3) is 0 Å². The molecule has 2 aromatic carbocycles. The summed E-state index contributed by atoms with van der Waals surface area (Å²) in [6.45, 7) is 6.11. The highest BCUT2D eigenvalue weighted by Gasteiger charge is 2.07. The molecule has 0 heterocycles. The molecule has 0 aliphatic heterocycles. The largest absolute Gasteiger partial charge is 0.484 e. The van der Waals surface area contributed by atoms with E-state index in [2.05, 4.69) is 19.2 Å². The third-order valence-electron chi connectivity index (χ3n) is 3.57. The summed E-state index contributed by atoms with van der Waals surface area (Å²) >= 11 is 0. The van der Waals surface area contributed by atoms with Crippen molar-refractivity contribution >= 4 is 17.3 Å². The van der Waals surface area contributed by atoms with Gasteiger partial charge in [-0.3, -0.25) is 4.79 Å². The highest BCUT2D eigenvalue weighted by atomic mass is 16.5. The molecule has 22 heavy (non-hydrogen) atoms. The van der Waals surface area contributed by atoms with Gasteiger partial charge in [0, 0.05) is 11.4 Å². The second kappa shape index (κ2) is 6.98. The van der Waals surface area contributed by atoms with Gasteiger partial charge in [-0.25, -0.2) is 0 Å². The molecule has 0 aliphatic rings. The van der Waals surface area contributed by atoms with Gasteiger partial charge in [0.25, 0.3) is 5.91 Å². The van der Waals surface area contributed by atoms with Crippen molar-refractivity contribution in [2.24, 2.45) is 0 Å². The first-order chi connectivity index (χ1) is 10.5. The lowest BCUT2D eigenvalue weighted by atomic mass is 10.0. The Balaban J connectivity index is 1.91. The minimum atomic E-state index is -0.207. The van der Waals surface area contributed by atoms with E-state index >= 15 is 0 Å². The van der Waals surface area contributed by atoms with E-state index in [-0.39, 0.29) is 12.5 Å². The number of benzene rings is 2. The third-order valence-corrected chi connectivity index (χ3v) is 3.57. The molecule has 3 N–H and O–H groups in total. The van der Waals surface area contributed by atoms with E-state index in [0.29, 0.717) is 23.0 Å². The van der Waals surface area contributed by atoms with Gasteiger partial charge in [-0.1, -0.05) is 32.0 Å². The van der Waals surface area contributed by atoms with Gasteiger partial charge < -0.3 is 15.8 Å². The molecule has 4 nitrogen and oxygen atoms in total. The summed E-state index contributed by atoms with van der Waals surface area (Å²) in [7, 11) is 0. The summed E-state index contributed by atoms with van der Waals surface area (Å²) in [6, 6.07) is 13.2. The number of hydrogen-bond acceptors (Lipinski definition) is 3. The molecule has 0 fully saturated rings. The van der Waals surface area contributed by atoms with Crippen LogP contribution in [0, 0.1) is 6.92 Å². The zero-order valence-corrected chi connectivity index (χ0v) is 13.2. The molecule has 116 valence electrons. The van der Waals surface area contributed by atoms with Gasteiger partial charge in [-0.2, -0.15) is 0 Å². The van der Waals surface area contributed by atoms with Crippen LogP contribution in [-0.4, -0.2) is 12.5 Å². The summed E-state index contributed by atoms with van der Waals surface area (Å²) < 4.78 is 5.50. The van der Waals surface area contributed by atoms with Crippen LogP contribution in [0.3, 0.4) is 0 Å². The molecule has 0 aliphatic carbocycles. The Morgan fingerprint density at radius 1 is 1.18 bits per heavy atom. The number of carbonyl (C=O) groups excluding carboxylic acids is 1. The maximum atomic E-state index is 11.9. The Bertz CT molecular complexity index is 649. The van der Waals surface area contributed by atoms with E-state index < -0.39 is 0 Å². The average Bonchev–Trinajstić information content (AvgIpc) is 2.50. The van der Waals surface area contributed by atoms with Crippen molar-refractivity contribution in [3.05, 3.63) is 53.6 Å². The van der Waals surface area contributed by atoms with Crippen LogP contribution in [0.5, 0.6) is 5.75 Å². The van der Waals surface area contributed by atoms with E-state index in [1.807, 2.05) is 43.3 Å². The molecule has 0 spiro atoms. The lowest BCUT2D eigenvalue weighted by molar-refractivity contribution is -0.118. The van der Waals surface area contributed by atoms with Gasteiger partial charge >= 0.3 is 0 Å². The molecule has 0 saturated heterocycles. The Kier molecular flexibility index (Phi) is 5.04. The number of rotatable bonds is 5. The maximum absolute atomic E-state index is 11.9. The van der Waals surface area contributed by atoms with Crippen molar-refractivity contribution in [3.63, 3.8) is 0 Å². The lowest BCUT2D eigenvalue weighted by Crippen LogP contribution is -2.20. The Labute approximate surface area is 131 Å². The fraction of sp³-hybridized carbons (Fsp3) is 0.278. The minimum absolute atomic E-state index is 0.0325. The second-order valence-electron chi connectivity index (χ2n) is 5.58. The number of nitrogen functional groups attached to an aromatic ring is 1. The summed E-state index contributed by atoms with van der Waals surface area (Å²) in [5.74, 6) is 0.953. The monoisotopic (exact) mass is 298 g/mol. The standard InChI is InChI=1S/C18H22N2O2/c1-12(2)14-7-9-15(10-8-14)22-11-18(21)20-17-6-4-5-16(19)13(17)3/h4-10,12H,11,19H2,1-3H3,(H,20,21). The van der Waals surface area contributed by atoms with E-state index in [9.17, 15) is 4.79 Å². The minimum Gasteiger partial charge on any atom is -0.484 e. The number of hydrogen-bond donors (Lipinski definition) is 2. The molecular formula is C18H22N2O2. The van der Waals surface area contributed by atoms with E-state index in [1.54, 1.807) is 6.07 Å². The van der Waals surface area contributed by atoms with Crippen LogP contribution >= 0.6 is 0 Å². The van der Waals surface area contributed by atoms with E-state index in [4.69, 9.17) is 10.5 Å². The van der Waals surface area contributed by atoms with Gasteiger partial charge in [-0.15, -0.1) is 0 Å². The van der Waals surface area contributed by atoms with Gasteiger partial charge in [0.15, 0.2) is 6.61 Å². The Morgan fingerprint density at radius 3 is 2.50 bits per heavy atom. The number of nitrogens with two attached hydrogens (primary N) is 1. The van der Waals surface area contributed by atoms with Crippen molar-refractivity contribution < 1.29 is 9.53 Å². The predicted octanol–water partition coefficient (Wildman–Crippen LogP) is 3.72. The van der Waals surface area contributed by atoms with Crippen molar-refractivity contribution in [2.75, 3.05) is 17.7 Å². The number of ether oxygens (including phenoxy) is 1. The lowest BCUT2D eigenvalue weighted by Gasteiger charge is -2.11. The molecule has 0 atom stereocenters. The van der Waals surface area contributed by atoms with Gasteiger partial charge in [-0.05, 0) is 48.2 Å². The zero-order valence-electron chi connectivity index (χ0n) is 13.2. The smallest absolute Gasteiger partial charge is 0.262 e. The Morgan fingerprint density at radius 2 is 1.86 bits per heavy atom. The second-order valence-corrected chi connectivity index (χ2v) is 5.58. The SMILES string of the molecule is Cc1c(N)cccc1NC(=O)COc1ccc(C(C)C)cc1. The Hall–Kier alpha value is -2.49. The summed E-state index contributed by atoms with van der Waals surface area (Å²) in [5.41, 5.74) is 9.29. The molecular weight excluding hydrogens is 276 g/mol. The zero-order chi connectivity index (χ0) is 16.1. The average molecular weight is 298 g/mol. The number of carbonyl (C=O) groups is 1. The predicted molar refractivity (Wildman–Crippen MR) is 90.2 cm³/mol. The number of anilines is 2. The molecule has 1 amide bonds. The molecule has 0 radical (unpaired) electrons. The van der Waals surface area contributed by atoms with Crippen LogP contribution in [0.4, 0.5) is 11.4 Å². The molecule has 2 rings (SSSR count). The van der Waals surface area contributed by atoms with Gasteiger partial charge in [0.2, 0.25) is 0 Å². The van der Waals surface area contributed by atoms with Crippen LogP contribution in [0.2, 0.25) is 0 Å². The molecule has 2 aromatic rings. The quantitative estimate of drug-likeness (QED) is 0.827. The van der Waals surface area contributed by atoms with E-state index in [0.717, 1.165) is 5.56 Å². The van der Waals surface area contributed by atoms with Gasteiger partial charge in [0.05, 0.1) is 0 Å². The summed E-state index contributed by atoms with van der Waals surface area (Å²) in [6.07, 6.45) is 0. The van der Waals surface area contributed by atoms with Crippen LogP contribution in [0.1, 0.15) is 30.9 Å². The first kappa shape index (κ1) is 15.9. The first-order valence-corrected chi connectivity index (χ1v) is 7.35. The molecule has 0 aromatic heterocycles. The molecule has 0 unspecified atom stereocenters. The van der Waals surface area contributed by atoms with Crippen molar-refractivity contribution in [1.29, 1.82) is 0 Å². The maximum Gasteiger partial charge on any atom is 0.262 e. The normalized spacial score (nSPS) is 10.5. The molecule has 0 saturated carbocycles. The van der Waals surface area contributed by atoms with Crippen LogP contribution in [0.15, 0.2) is 42.5 Å². The highest BCUT2D eigenvalue weighted by Crippen LogP contribution is 2.21. The molecule has 0 bridgehead atoms.